The number of aliphatic carboxylic acids is 1. The molecule has 52 valence electrons. The van der Waals surface area contributed by atoms with Gasteiger partial charge in [-0.1, -0.05) is 6.58 Å². The summed E-state index contributed by atoms with van der Waals surface area (Å²) in [6.45, 7) is 2.96. The molecule has 0 heterocycles. The molecule has 8 heavy (non-hydrogen) atoms. The number of hydrogen-bond acceptors (Lipinski definition) is 3. The summed E-state index contributed by atoms with van der Waals surface area (Å²) in [6, 6.07) is 0. The molecule has 0 bridgehead atoms. The molecular formula is C3H11ClN2O2. The normalized spacial score (nSPS) is 4.00. The summed E-state index contributed by atoms with van der Waals surface area (Å²) in [6.07, 6.45) is 0.833. The van der Waals surface area contributed by atoms with Crippen molar-refractivity contribution in [2.75, 3.05) is 0 Å². The summed E-state index contributed by atoms with van der Waals surface area (Å²) in [7, 11) is 0. The van der Waals surface area contributed by atoms with Gasteiger partial charge >= 0.3 is 5.97 Å². The zero-order valence-corrected chi connectivity index (χ0v) is 5.28. The first-order valence-corrected chi connectivity index (χ1v) is 1.12. The number of halogens is 1. The van der Waals surface area contributed by atoms with Crippen LogP contribution in [0.1, 0.15) is 0 Å². The van der Waals surface area contributed by atoms with Crippen molar-refractivity contribution in [3.05, 3.63) is 12.7 Å². The maximum absolute atomic E-state index is 9.25. The standard InChI is InChI=1S/C3H4O2.ClH.2H3N/c1-2-3(4)5;;;/h2H,1H2,(H,4,5);1H;2*1H3. The first-order valence-electron chi connectivity index (χ1n) is 1.12. The van der Waals surface area contributed by atoms with Gasteiger partial charge in [-0.2, -0.15) is 0 Å². The van der Waals surface area contributed by atoms with Crippen LogP contribution in [0.5, 0.6) is 0 Å². The molecule has 0 aliphatic heterocycles. The molecule has 0 radical (unpaired) electrons. The van der Waals surface area contributed by atoms with Gasteiger partial charge in [-0.15, -0.1) is 12.4 Å². The third kappa shape index (κ3) is 52.5. The number of carboxylic acids is 1. The summed E-state index contributed by atoms with van der Waals surface area (Å²) in [5.41, 5.74) is 0. The highest BCUT2D eigenvalue weighted by Gasteiger charge is 1.73. The van der Waals surface area contributed by atoms with Gasteiger partial charge in [0.05, 0.1) is 0 Å². The van der Waals surface area contributed by atoms with Crippen LogP contribution in [0.4, 0.5) is 0 Å². The van der Waals surface area contributed by atoms with E-state index in [0.29, 0.717) is 0 Å². The largest absolute Gasteiger partial charge is 0.478 e. The number of carbonyl (C=O) groups is 1. The summed E-state index contributed by atoms with van der Waals surface area (Å²) in [4.78, 5) is 9.25. The van der Waals surface area contributed by atoms with Crippen molar-refractivity contribution >= 4 is 18.4 Å². The van der Waals surface area contributed by atoms with E-state index in [1.165, 1.54) is 0 Å². The molecular weight excluding hydrogens is 131 g/mol. The lowest BCUT2D eigenvalue weighted by atomic mass is 10.7. The van der Waals surface area contributed by atoms with Crippen molar-refractivity contribution in [3.8, 4) is 0 Å². The number of rotatable bonds is 1. The van der Waals surface area contributed by atoms with Crippen molar-refractivity contribution in [3.63, 3.8) is 0 Å². The lowest BCUT2D eigenvalue weighted by molar-refractivity contribution is -0.131. The highest BCUT2D eigenvalue weighted by atomic mass is 35.5. The molecule has 0 amide bonds. The molecule has 0 aromatic heterocycles. The van der Waals surface area contributed by atoms with E-state index in [2.05, 4.69) is 6.58 Å². The smallest absolute Gasteiger partial charge is 0.327 e. The molecule has 7 N–H and O–H groups in total. The monoisotopic (exact) mass is 142 g/mol. The van der Waals surface area contributed by atoms with Gasteiger partial charge in [0.2, 0.25) is 0 Å². The van der Waals surface area contributed by atoms with Crippen molar-refractivity contribution in [2.24, 2.45) is 0 Å². The van der Waals surface area contributed by atoms with Crippen LogP contribution in [-0.4, -0.2) is 11.1 Å². The lowest BCUT2D eigenvalue weighted by Crippen LogP contribution is -1.82. The molecule has 0 aliphatic carbocycles. The SMILES string of the molecule is C=CC(=O)O.Cl.N.N. The fourth-order valence-electron chi connectivity index (χ4n) is 0. The van der Waals surface area contributed by atoms with Gasteiger partial charge in [0.15, 0.2) is 0 Å². The minimum absolute atomic E-state index is 0. The van der Waals surface area contributed by atoms with Gasteiger partial charge in [-0.25, -0.2) is 4.79 Å². The van der Waals surface area contributed by atoms with Crippen LogP contribution in [-0.2, 0) is 4.79 Å². The quantitative estimate of drug-likeness (QED) is 0.475. The molecule has 0 saturated carbocycles. The molecule has 0 atom stereocenters. The Bertz CT molecular complexity index is 66.3. The first kappa shape index (κ1) is 26.1. The zero-order chi connectivity index (χ0) is 4.28. The molecule has 0 unspecified atom stereocenters. The van der Waals surface area contributed by atoms with Gasteiger partial charge in [0, 0.05) is 6.08 Å². The van der Waals surface area contributed by atoms with Crippen LogP contribution in [0.25, 0.3) is 0 Å². The van der Waals surface area contributed by atoms with E-state index in [-0.39, 0.29) is 24.7 Å². The molecule has 0 spiro atoms. The molecule has 0 aromatic carbocycles. The van der Waals surface area contributed by atoms with Crippen LogP contribution in [0, 0.1) is 0 Å². The Kier molecular flexibility index (Phi) is 52.7. The molecule has 0 rings (SSSR count). The Morgan fingerprint density at radius 1 is 1.50 bits per heavy atom. The second-order valence-electron chi connectivity index (χ2n) is 0.542. The molecule has 0 fully saturated rings. The van der Waals surface area contributed by atoms with E-state index in [0.717, 1.165) is 6.08 Å². The van der Waals surface area contributed by atoms with Crippen molar-refractivity contribution < 1.29 is 9.90 Å². The summed E-state index contributed by atoms with van der Waals surface area (Å²) >= 11 is 0. The van der Waals surface area contributed by atoms with Crippen LogP contribution in [0.2, 0.25) is 0 Å². The average molecular weight is 143 g/mol. The molecule has 0 saturated heterocycles. The first-order chi connectivity index (χ1) is 2.27. The van der Waals surface area contributed by atoms with E-state index in [1.807, 2.05) is 0 Å². The predicted octanol–water partition coefficient (Wildman–Crippen LogP) is 1.00. The molecule has 0 aliphatic rings. The van der Waals surface area contributed by atoms with E-state index in [4.69, 9.17) is 5.11 Å². The van der Waals surface area contributed by atoms with E-state index in [9.17, 15) is 4.79 Å². The Morgan fingerprint density at radius 2 is 1.62 bits per heavy atom. The topological polar surface area (TPSA) is 107 Å². The third-order valence-electron chi connectivity index (χ3n) is 0.175. The summed E-state index contributed by atoms with van der Waals surface area (Å²) < 4.78 is 0. The average Bonchev–Trinajstić information content (AvgIpc) is 1.38. The van der Waals surface area contributed by atoms with E-state index < -0.39 is 5.97 Å². The summed E-state index contributed by atoms with van der Waals surface area (Å²) in [5, 5.41) is 7.60. The molecule has 4 nitrogen and oxygen atoms in total. The van der Waals surface area contributed by atoms with Crippen molar-refractivity contribution in [1.82, 2.24) is 12.3 Å². The second-order valence-corrected chi connectivity index (χ2v) is 0.542. The van der Waals surface area contributed by atoms with Crippen molar-refractivity contribution in [2.45, 2.75) is 0 Å². The highest BCUT2D eigenvalue weighted by molar-refractivity contribution is 5.85. The van der Waals surface area contributed by atoms with E-state index >= 15 is 0 Å². The Hall–Kier alpha value is -0.580. The fourth-order valence-corrected chi connectivity index (χ4v) is 0. The minimum Gasteiger partial charge on any atom is -0.478 e. The Balaban J connectivity index is -0.0000000267. The molecule has 0 aromatic rings. The van der Waals surface area contributed by atoms with Gasteiger partial charge in [0.25, 0.3) is 0 Å². The lowest BCUT2D eigenvalue weighted by Gasteiger charge is -1.64. The Morgan fingerprint density at radius 3 is 1.62 bits per heavy atom. The van der Waals surface area contributed by atoms with E-state index in [1.54, 1.807) is 0 Å². The van der Waals surface area contributed by atoms with Crippen LogP contribution in [0.3, 0.4) is 0 Å². The maximum Gasteiger partial charge on any atom is 0.327 e. The van der Waals surface area contributed by atoms with Crippen LogP contribution >= 0.6 is 12.4 Å². The van der Waals surface area contributed by atoms with Crippen LogP contribution in [0.15, 0.2) is 12.7 Å². The maximum atomic E-state index is 9.25. The van der Waals surface area contributed by atoms with Gasteiger partial charge in [-0.3, -0.25) is 0 Å². The van der Waals surface area contributed by atoms with Gasteiger partial charge in [0.1, 0.15) is 0 Å². The Labute approximate surface area is 54.2 Å². The summed E-state index contributed by atoms with van der Waals surface area (Å²) in [5.74, 6) is -0.981. The number of hydrogen-bond donors (Lipinski definition) is 3. The second kappa shape index (κ2) is 16.1. The van der Waals surface area contributed by atoms with Gasteiger partial charge < -0.3 is 17.4 Å². The third-order valence-corrected chi connectivity index (χ3v) is 0.175. The van der Waals surface area contributed by atoms with Crippen molar-refractivity contribution in [1.29, 1.82) is 0 Å². The fraction of sp³-hybridized carbons (Fsp3) is 0. The van der Waals surface area contributed by atoms with Gasteiger partial charge in [-0.05, 0) is 0 Å². The zero-order valence-electron chi connectivity index (χ0n) is 4.46. The minimum atomic E-state index is -0.981. The highest BCUT2D eigenvalue weighted by Crippen LogP contribution is 1.54. The molecule has 5 heteroatoms. The van der Waals surface area contributed by atoms with Crippen LogP contribution < -0.4 is 12.3 Å². The number of carboxylic acid groups (broad SMARTS) is 1. The predicted molar refractivity (Wildman–Crippen MR) is 35.1 cm³/mol.